The van der Waals surface area contributed by atoms with Gasteiger partial charge in [0.1, 0.15) is 5.82 Å². The topological polar surface area (TPSA) is 52.4 Å². The van der Waals surface area contributed by atoms with Gasteiger partial charge in [-0.2, -0.15) is 0 Å². The largest absolute Gasteiger partial charge is 0.517 e. The summed E-state index contributed by atoms with van der Waals surface area (Å²) in [7, 11) is 0. The Bertz CT molecular complexity index is 453. The Morgan fingerprint density at radius 2 is 2.00 bits per heavy atom. The minimum Gasteiger partial charge on any atom is -0.517 e. The lowest BCUT2D eigenvalue weighted by Crippen LogP contribution is -2.26. The Morgan fingerprint density at radius 1 is 1.41 bits per heavy atom. The van der Waals surface area contributed by atoms with Crippen molar-refractivity contribution in [2.24, 2.45) is 0 Å². The summed E-state index contributed by atoms with van der Waals surface area (Å²) in [6.45, 7) is -6.93. The SMILES string of the molecule is O=[N+]([O-])c1cc(Br)c(F)cc1OC[B-](F)(F)F. The van der Waals surface area contributed by atoms with Crippen molar-refractivity contribution in [3.63, 3.8) is 0 Å². The van der Waals surface area contributed by atoms with Gasteiger partial charge in [-0.3, -0.25) is 10.1 Å². The molecule has 10 heteroatoms. The van der Waals surface area contributed by atoms with Crippen LogP contribution in [0, 0.1) is 15.9 Å². The molecule has 1 aromatic rings. The summed E-state index contributed by atoms with van der Waals surface area (Å²) in [5.74, 6) is -1.70. The van der Waals surface area contributed by atoms with E-state index in [2.05, 4.69) is 20.7 Å². The van der Waals surface area contributed by atoms with Crippen molar-refractivity contribution in [3.05, 3.63) is 32.5 Å². The van der Waals surface area contributed by atoms with Crippen LogP contribution in [-0.2, 0) is 0 Å². The van der Waals surface area contributed by atoms with Gasteiger partial charge in [0.05, 0.1) is 15.9 Å². The van der Waals surface area contributed by atoms with Gasteiger partial charge in [-0.05, 0) is 15.9 Å². The molecule has 0 amide bonds. The molecular formula is C7H4BBrF4NO3-. The fourth-order valence-electron chi connectivity index (χ4n) is 0.961. The summed E-state index contributed by atoms with van der Waals surface area (Å²) in [5.41, 5.74) is -0.738. The lowest BCUT2D eigenvalue weighted by atomic mass is 9.95. The Labute approximate surface area is 101 Å². The van der Waals surface area contributed by atoms with Crippen LogP contribution in [0.2, 0.25) is 0 Å². The van der Waals surface area contributed by atoms with Crippen LogP contribution in [0.4, 0.5) is 23.0 Å². The van der Waals surface area contributed by atoms with Gasteiger partial charge >= 0.3 is 12.7 Å². The summed E-state index contributed by atoms with van der Waals surface area (Å²) in [6.07, 6.45) is 0. The highest BCUT2D eigenvalue weighted by Gasteiger charge is 2.27. The summed E-state index contributed by atoms with van der Waals surface area (Å²) in [5, 5.41) is 10.5. The summed E-state index contributed by atoms with van der Waals surface area (Å²) >= 11 is 2.69. The molecule has 1 rings (SSSR count). The smallest absolute Gasteiger partial charge is 0.515 e. The van der Waals surface area contributed by atoms with E-state index >= 15 is 0 Å². The highest BCUT2D eigenvalue weighted by Crippen LogP contribution is 2.33. The van der Waals surface area contributed by atoms with Crippen molar-refractivity contribution in [1.82, 2.24) is 0 Å². The van der Waals surface area contributed by atoms with Gasteiger partial charge in [-0.1, -0.05) is 0 Å². The number of hydrogen-bond donors (Lipinski definition) is 0. The van der Waals surface area contributed by atoms with Gasteiger partial charge in [0.2, 0.25) is 0 Å². The lowest BCUT2D eigenvalue weighted by molar-refractivity contribution is -0.385. The van der Waals surface area contributed by atoms with Gasteiger partial charge in [-0.15, -0.1) is 0 Å². The van der Waals surface area contributed by atoms with Crippen LogP contribution in [-0.4, -0.2) is 18.4 Å². The average Bonchev–Trinajstić information content (AvgIpc) is 2.17. The van der Waals surface area contributed by atoms with E-state index in [1.807, 2.05) is 0 Å². The van der Waals surface area contributed by atoms with Crippen molar-refractivity contribution >= 4 is 28.6 Å². The molecule has 0 bridgehead atoms. The van der Waals surface area contributed by atoms with Gasteiger partial charge in [0.15, 0.2) is 5.75 Å². The maximum Gasteiger partial charge on any atom is 0.515 e. The molecule has 0 aromatic heterocycles. The zero-order chi connectivity index (χ0) is 13.2. The third-order valence-electron chi connectivity index (χ3n) is 1.63. The van der Waals surface area contributed by atoms with E-state index in [1.54, 1.807) is 0 Å². The van der Waals surface area contributed by atoms with Crippen LogP contribution in [0.5, 0.6) is 5.75 Å². The van der Waals surface area contributed by atoms with Crippen molar-refractivity contribution in [3.8, 4) is 5.75 Å². The fourth-order valence-corrected chi connectivity index (χ4v) is 1.29. The number of nitrogens with zero attached hydrogens (tertiary/aromatic N) is 1. The van der Waals surface area contributed by atoms with Crippen molar-refractivity contribution < 1.29 is 27.0 Å². The molecular weight excluding hydrogens is 313 g/mol. The third-order valence-corrected chi connectivity index (χ3v) is 2.23. The predicted octanol–water partition coefficient (Wildman–Crippen LogP) is 3.26. The number of nitro benzene ring substituents is 1. The monoisotopic (exact) mass is 316 g/mol. The van der Waals surface area contributed by atoms with E-state index in [4.69, 9.17) is 0 Å². The molecule has 0 aliphatic heterocycles. The van der Waals surface area contributed by atoms with Crippen LogP contribution >= 0.6 is 15.9 Å². The zero-order valence-electron chi connectivity index (χ0n) is 8.00. The third kappa shape index (κ3) is 3.88. The molecule has 17 heavy (non-hydrogen) atoms. The number of hydrogen-bond acceptors (Lipinski definition) is 3. The second kappa shape index (κ2) is 4.90. The number of rotatable bonds is 4. The minimum absolute atomic E-state index is 0.228. The molecule has 94 valence electrons. The molecule has 4 nitrogen and oxygen atoms in total. The van der Waals surface area contributed by atoms with E-state index in [0.717, 1.165) is 6.07 Å². The molecule has 0 radical (unpaired) electrons. The number of nitro groups is 1. The van der Waals surface area contributed by atoms with E-state index in [1.165, 1.54) is 0 Å². The van der Waals surface area contributed by atoms with Gasteiger partial charge in [-0.25, -0.2) is 4.39 Å². The minimum atomic E-state index is -5.26. The van der Waals surface area contributed by atoms with E-state index < -0.39 is 35.7 Å². The molecule has 0 unspecified atom stereocenters. The molecule has 0 aliphatic carbocycles. The van der Waals surface area contributed by atoms with Crippen molar-refractivity contribution in [2.75, 3.05) is 6.51 Å². The zero-order valence-corrected chi connectivity index (χ0v) is 9.59. The lowest BCUT2D eigenvalue weighted by Gasteiger charge is -2.15. The Kier molecular flexibility index (Phi) is 3.96. The molecule has 0 atom stereocenters. The highest BCUT2D eigenvalue weighted by molar-refractivity contribution is 9.10. The molecule has 0 saturated carbocycles. The van der Waals surface area contributed by atoms with Crippen LogP contribution in [0.25, 0.3) is 0 Å². The fraction of sp³-hybridized carbons (Fsp3) is 0.143. The summed E-state index contributed by atoms with van der Waals surface area (Å²) in [4.78, 5) is 9.56. The molecule has 0 saturated heterocycles. The first-order chi connectivity index (χ1) is 7.70. The van der Waals surface area contributed by atoms with Crippen LogP contribution in [0.15, 0.2) is 16.6 Å². The van der Waals surface area contributed by atoms with E-state index in [-0.39, 0.29) is 4.47 Å². The first-order valence-electron chi connectivity index (χ1n) is 4.18. The van der Waals surface area contributed by atoms with Gasteiger partial charge < -0.3 is 17.7 Å². The Hall–Kier alpha value is -1.32. The Balaban J connectivity index is 3.05. The van der Waals surface area contributed by atoms with Gasteiger partial charge in [0.25, 0.3) is 0 Å². The second-order valence-corrected chi connectivity index (χ2v) is 3.87. The van der Waals surface area contributed by atoms with Gasteiger partial charge in [0, 0.05) is 12.1 Å². The van der Waals surface area contributed by atoms with Crippen molar-refractivity contribution in [1.29, 1.82) is 0 Å². The van der Waals surface area contributed by atoms with Crippen molar-refractivity contribution in [2.45, 2.75) is 0 Å². The normalized spacial score (nSPS) is 11.4. The first-order valence-corrected chi connectivity index (χ1v) is 4.97. The van der Waals surface area contributed by atoms with Crippen LogP contribution < -0.4 is 4.74 Å². The summed E-state index contributed by atoms with van der Waals surface area (Å²) < 4.78 is 52.7. The van der Waals surface area contributed by atoms with E-state index in [0.29, 0.717) is 6.07 Å². The molecule has 0 N–H and O–H groups in total. The number of halogens is 5. The average molecular weight is 317 g/mol. The quantitative estimate of drug-likeness (QED) is 0.371. The second-order valence-electron chi connectivity index (χ2n) is 3.01. The number of benzene rings is 1. The maximum atomic E-state index is 13.0. The summed E-state index contributed by atoms with van der Waals surface area (Å²) in [6, 6.07) is 1.28. The Morgan fingerprint density at radius 3 is 2.47 bits per heavy atom. The maximum absolute atomic E-state index is 13.0. The molecule has 0 aliphatic rings. The molecule has 0 heterocycles. The van der Waals surface area contributed by atoms with Crippen LogP contribution in [0.3, 0.4) is 0 Å². The predicted molar refractivity (Wildman–Crippen MR) is 55.3 cm³/mol. The first kappa shape index (κ1) is 13.7. The highest BCUT2D eigenvalue weighted by atomic mass is 79.9. The molecule has 0 fully saturated rings. The molecule has 0 spiro atoms. The molecule has 1 aromatic carbocycles. The van der Waals surface area contributed by atoms with Crippen LogP contribution in [0.1, 0.15) is 0 Å². The number of ether oxygens (including phenoxy) is 1. The van der Waals surface area contributed by atoms with E-state index in [9.17, 15) is 27.5 Å². The standard InChI is InChI=1S/C7H4BBrF4NO3/c9-4-1-6(14(15)16)7(2-5(4)10)17-3-8(11,12)13/h1-2H,3H2/q-1.